The fraction of sp³-hybridized carbons (Fsp3) is 0.0769. The van der Waals surface area contributed by atoms with Gasteiger partial charge >= 0.3 is 0 Å². The number of benzene rings is 2. The van der Waals surface area contributed by atoms with Crippen LogP contribution >= 0.6 is 39.1 Å². The Kier molecular flexibility index (Phi) is 4.46. The molecule has 0 aliphatic heterocycles. The molecule has 2 rings (SSSR count). The summed E-state index contributed by atoms with van der Waals surface area (Å²) in [6, 6.07) is 6.14. The van der Waals surface area contributed by atoms with Crippen LogP contribution in [-0.4, -0.2) is 5.11 Å². The van der Waals surface area contributed by atoms with Crippen molar-refractivity contribution in [3.8, 4) is 0 Å². The highest BCUT2D eigenvalue weighted by molar-refractivity contribution is 9.10. The second-order valence-corrected chi connectivity index (χ2v) is 5.55. The van der Waals surface area contributed by atoms with Crippen molar-refractivity contribution in [2.24, 2.45) is 0 Å². The van der Waals surface area contributed by atoms with E-state index in [0.29, 0.717) is 4.47 Å². The molecule has 0 saturated heterocycles. The number of hydrogen-bond acceptors (Lipinski definition) is 1. The van der Waals surface area contributed by atoms with E-state index in [1.807, 2.05) is 0 Å². The highest BCUT2D eigenvalue weighted by atomic mass is 79.9. The summed E-state index contributed by atoms with van der Waals surface area (Å²) in [6.07, 6.45) is -1.46. The Labute approximate surface area is 126 Å². The molecular formula is C13H7BrCl2F2O. The van der Waals surface area contributed by atoms with Crippen LogP contribution in [0.5, 0.6) is 0 Å². The number of aliphatic hydroxyl groups excluding tert-OH is 1. The van der Waals surface area contributed by atoms with Crippen LogP contribution in [0.2, 0.25) is 10.0 Å². The maximum absolute atomic E-state index is 13.8. The average molecular weight is 368 g/mol. The van der Waals surface area contributed by atoms with Gasteiger partial charge in [-0.05, 0) is 40.2 Å². The van der Waals surface area contributed by atoms with Gasteiger partial charge in [0.25, 0.3) is 0 Å². The first kappa shape index (κ1) is 14.7. The Bertz CT molecular complexity index is 634. The maximum Gasteiger partial charge on any atom is 0.130 e. The van der Waals surface area contributed by atoms with Gasteiger partial charge in [-0.25, -0.2) is 8.78 Å². The highest BCUT2D eigenvalue weighted by Gasteiger charge is 2.20. The molecule has 2 aromatic rings. The fourth-order valence-corrected chi connectivity index (χ4v) is 2.28. The Morgan fingerprint density at radius 1 is 1.00 bits per heavy atom. The van der Waals surface area contributed by atoms with E-state index >= 15 is 0 Å². The quantitative estimate of drug-likeness (QED) is 0.730. The zero-order valence-corrected chi connectivity index (χ0v) is 12.4. The molecule has 1 nitrogen and oxygen atoms in total. The zero-order chi connectivity index (χ0) is 14.2. The normalized spacial score (nSPS) is 12.5. The molecule has 2 aromatic carbocycles. The van der Waals surface area contributed by atoms with E-state index in [9.17, 15) is 13.9 Å². The van der Waals surface area contributed by atoms with Crippen molar-refractivity contribution in [3.05, 3.63) is 67.6 Å². The molecule has 19 heavy (non-hydrogen) atoms. The van der Waals surface area contributed by atoms with Crippen molar-refractivity contribution < 1.29 is 13.9 Å². The summed E-state index contributed by atoms with van der Waals surface area (Å²) >= 11 is 14.5. The molecule has 0 radical (unpaired) electrons. The van der Waals surface area contributed by atoms with Gasteiger partial charge in [-0.3, -0.25) is 0 Å². The third-order valence-corrected chi connectivity index (χ3v) is 4.02. The van der Waals surface area contributed by atoms with Crippen molar-refractivity contribution in [2.45, 2.75) is 6.10 Å². The molecule has 0 heterocycles. The van der Waals surface area contributed by atoms with Crippen LogP contribution in [0.3, 0.4) is 0 Å². The lowest BCUT2D eigenvalue weighted by Crippen LogP contribution is -2.05. The standard InChI is InChI=1S/C13H7BrCl2F2O/c14-9-5-12(18)8(4-10(9)16)13(19)7-2-1-6(15)3-11(7)17/h1-5,13,19H. The van der Waals surface area contributed by atoms with E-state index in [1.165, 1.54) is 18.2 Å². The molecule has 1 atom stereocenters. The minimum atomic E-state index is -1.46. The summed E-state index contributed by atoms with van der Waals surface area (Å²) in [4.78, 5) is 0. The smallest absolute Gasteiger partial charge is 0.130 e. The van der Waals surface area contributed by atoms with Gasteiger partial charge in [0, 0.05) is 20.6 Å². The van der Waals surface area contributed by atoms with E-state index in [1.54, 1.807) is 0 Å². The number of rotatable bonds is 2. The summed E-state index contributed by atoms with van der Waals surface area (Å²) in [7, 11) is 0. The van der Waals surface area contributed by atoms with Crippen LogP contribution in [0.1, 0.15) is 17.2 Å². The molecule has 0 bridgehead atoms. The summed E-state index contributed by atoms with van der Waals surface area (Å²) in [5, 5.41) is 10.5. The predicted octanol–water partition coefficient (Wildman–Crippen LogP) is 5.12. The second kappa shape index (κ2) is 5.75. The molecule has 1 unspecified atom stereocenters. The van der Waals surface area contributed by atoms with Crippen molar-refractivity contribution >= 4 is 39.1 Å². The molecule has 0 spiro atoms. The largest absolute Gasteiger partial charge is 0.383 e. The van der Waals surface area contributed by atoms with Gasteiger partial charge in [0.2, 0.25) is 0 Å². The first-order valence-electron chi connectivity index (χ1n) is 5.17. The molecule has 100 valence electrons. The second-order valence-electron chi connectivity index (χ2n) is 3.86. The molecule has 0 aliphatic rings. The lowest BCUT2D eigenvalue weighted by Gasteiger charge is -2.14. The minimum Gasteiger partial charge on any atom is -0.383 e. The monoisotopic (exact) mass is 366 g/mol. The van der Waals surface area contributed by atoms with Crippen LogP contribution in [0, 0.1) is 11.6 Å². The van der Waals surface area contributed by atoms with Crippen molar-refractivity contribution in [3.63, 3.8) is 0 Å². The Balaban J connectivity index is 2.49. The Morgan fingerprint density at radius 2 is 1.63 bits per heavy atom. The number of hydrogen-bond donors (Lipinski definition) is 1. The van der Waals surface area contributed by atoms with Crippen LogP contribution in [0.4, 0.5) is 8.78 Å². The van der Waals surface area contributed by atoms with Crippen LogP contribution in [0.25, 0.3) is 0 Å². The molecule has 0 aliphatic carbocycles. The average Bonchev–Trinajstić information content (AvgIpc) is 2.33. The molecule has 0 aromatic heterocycles. The van der Waals surface area contributed by atoms with Gasteiger partial charge in [-0.2, -0.15) is 0 Å². The molecule has 1 N–H and O–H groups in total. The van der Waals surface area contributed by atoms with Gasteiger partial charge < -0.3 is 5.11 Å². The molecule has 6 heteroatoms. The Morgan fingerprint density at radius 3 is 2.26 bits per heavy atom. The van der Waals surface area contributed by atoms with Crippen molar-refractivity contribution in [1.29, 1.82) is 0 Å². The van der Waals surface area contributed by atoms with E-state index < -0.39 is 17.7 Å². The minimum absolute atomic E-state index is 0.0679. The number of aliphatic hydroxyl groups is 1. The zero-order valence-electron chi connectivity index (χ0n) is 9.30. The predicted molar refractivity (Wildman–Crippen MR) is 74.6 cm³/mol. The highest BCUT2D eigenvalue weighted by Crippen LogP contribution is 2.33. The molecule has 0 saturated carbocycles. The first-order chi connectivity index (χ1) is 8.90. The summed E-state index contributed by atoms with van der Waals surface area (Å²) in [6.45, 7) is 0. The summed E-state index contributed by atoms with van der Waals surface area (Å²) in [5.41, 5.74) is -0.170. The van der Waals surface area contributed by atoms with E-state index in [-0.39, 0.29) is 21.2 Å². The third-order valence-electron chi connectivity index (χ3n) is 2.59. The molecular weight excluding hydrogens is 361 g/mol. The van der Waals surface area contributed by atoms with Crippen LogP contribution < -0.4 is 0 Å². The van der Waals surface area contributed by atoms with Gasteiger partial charge in [-0.1, -0.05) is 29.3 Å². The van der Waals surface area contributed by atoms with E-state index in [2.05, 4.69) is 15.9 Å². The van der Waals surface area contributed by atoms with E-state index in [4.69, 9.17) is 23.2 Å². The Hall–Kier alpha value is -0.680. The maximum atomic E-state index is 13.8. The third kappa shape index (κ3) is 3.08. The summed E-state index contributed by atoms with van der Waals surface area (Å²) < 4.78 is 27.8. The SMILES string of the molecule is OC(c1ccc(Cl)cc1F)c1cc(Cl)c(Br)cc1F. The van der Waals surface area contributed by atoms with Crippen molar-refractivity contribution in [2.75, 3.05) is 0 Å². The number of halogens is 5. The van der Waals surface area contributed by atoms with Gasteiger partial charge in [0.05, 0.1) is 5.02 Å². The topological polar surface area (TPSA) is 20.2 Å². The van der Waals surface area contributed by atoms with Crippen LogP contribution in [-0.2, 0) is 0 Å². The summed E-state index contributed by atoms with van der Waals surface area (Å²) in [5.74, 6) is -1.39. The molecule has 0 fully saturated rings. The fourth-order valence-electron chi connectivity index (χ4n) is 1.64. The lowest BCUT2D eigenvalue weighted by molar-refractivity contribution is 0.209. The van der Waals surface area contributed by atoms with Gasteiger partial charge in [-0.15, -0.1) is 0 Å². The van der Waals surface area contributed by atoms with Crippen LogP contribution in [0.15, 0.2) is 34.8 Å². The van der Waals surface area contributed by atoms with Gasteiger partial charge in [0.1, 0.15) is 17.7 Å². The molecule has 0 amide bonds. The lowest BCUT2D eigenvalue weighted by atomic mass is 10.0. The van der Waals surface area contributed by atoms with E-state index in [0.717, 1.165) is 12.1 Å². The van der Waals surface area contributed by atoms with Crippen molar-refractivity contribution in [1.82, 2.24) is 0 Å². The first-order valence-corrected chi connectivity index (χ1v) is 6.72. The van der Waals surface area contributed by atoms with Gasteiger partial charge in [0.15, 0.2) is 0 Å².